The van der Waals surface area contributed by atoms with E-state index < -0.39 is 5.41 Å². The van der Waals surface area contributed by atoms with Crippen LogP contribution in [-0.2, 0) is 16.0 Å². The molecule has 2 amide bonds. The first-order chi connectivity index (χ1) is 16.5. The number of para-hydroxylation sites is 1. The van der Waals surface area contributed by atoms with Crippen molar-refractivity contribution in [2.24, 2.45) is 5.41 Å². The number of likely N-dealkylation sites (N-methyl/N-ethyl adjacent to an activating group) is 1. The standard InChI is InChI=1S/C27H26FN3O3/c1-30(15-13-20-6-4-5-14-29-20)25(32)17-31-24-8-3-2-7-22(24)23-16-27(23,26(31)33)18-34-21-11-9-19(28)10-12-21/h2-12,14,23H,13,15-18H2,1H3/t23-,27+/m0/s1. The van der Waals surface area contributed by atoms with E-state index in [9.17, 15) is 14.0 Å². The van der Waals surface area contributed by atoms with Crippen LogP contribution in [0.3, 0.4) is 0 Å². The van der Waals surface area contributed by atoms with Gasteiger partial charge < -0.3 is 14.5 Å². The Morgan fingerprint density at radius 1 is 1.15 bits per heavy atom. The molecule has 6 nitrogen and oxygen atoms in total. The molecule has 3 aromatic rings. The Hall–Kier alpha value is -3.74. The summed E-state index contributed by atoms with van der Waals surface area (Å²) in [7, 11) is 1.75. The molecular weight excluding hydrogens is 433 g/mol. The number of halogens is 1. The van der Waals surface area contributed by atoms with Crippen molar-refractivity contribution in [1.29, 1.82) is 0 Å². The summed E-state index contributed by atoms with van der Waals surface area (Å²) in [5, 5.41) is 0. The third-order valence-electron chi connectivity index (χ3n) is 6.81. The predicted molar refractivity (Wildman–Crippen MR) is 126 cm³/mol. The highest BCUT2D eigenvalue weighted by Crippen LogP contribution is 2.65. The molecule has 5 rings (SSSR count). The number of carbonyl (C=O) groups is 2. The smallest absolute Gasteiger partial charge is 0.242 e. The topological polar surface area (TPSA) is 62.7 Å². The molecular formula is C27H26FN3O3. The third-order valence-corrected chi connectivity index (χ3v) is 6.81. The number of pyridine rings is 1. The van der Waals surface area contributed by atoms with Crippen LogP contribution >= 0.6 is 0 Å². The maximum Gasteiger partial charge on any atom is 0.242 e. The van der Waals surface area contributed by atoms with Crippen molar-refractivity contribution in [1.82, 2.24) is 9.88 Å². The van der Waals surface area contributed by atoms with Gasteiger partial charge in [0.15, 0.2) is 0 Å². The molecule has 1 aliphatic heterocycles. The Balaban J connectivity index is 1.30. The number of benzene rings is 2. The van der Waals surface area contributed by atoms with E-state index in [0.717, 1.165) is 16.9 Å². The van der Waals surface area contributed by atoms with Crippen LogP contribution in [0.1, 0.15) is 23.6 Å². The summed E-state index contributed by atoms with van der Waals surface area (Å²) in [6.07, 6.45) is 3.05. The van der Waals surface area contributed by atoms with Gasteiger partial charge in [-0.25, -0.2) is 4.39 Å². The van der Waals surface area contributed by atoms with Crippen LogP contribution in [0.25, 0.3) is 0 Å². The number of ether oxygens (including phenoxy) is 1. The van der Waals surface area contributed by atoms with Crippen molar-refractivity contribution in [3.8, 4) is 5.75 Å². The lowest BCUT2D eigenvalue weighted by Gasteiger charge is -2.34. The van der Waals surface area contributed by atoms with Gasteiger partial charge in [0.2, 0.25) is 11.8 Å². The molecule has 0 spiro atoms. The zero-order valence-electron chi connectivity index (χ0n) is 19.0. The van der Waals surface area contributed by atoms with Crippen LogP contribution in [0, 0.1) is 11.2 Å². The number of hydrogen-bond donors (Lipinski definition) is 0. The van der Waals surface area contributed by atoms with Gasteiger partial charge in [-0.2, -0.15) is 0 Å². The quantitative estimate of drug-likeness (QED) is 0.514. The predicted octanol–water partition coefficient (Wildman–Crippen LogP) is 3.82. The maximum atomic E-state index is 13.7. The summed E-state index contributed by atoms with van der Waals surface area (Å²) >= 11 is 0. The minimum atomic E-state index is -0.699. The number of aromatic nitrogens is 1. The maximum absolute atomic E-state index is 13.7. The minimum absolute atomic E-state index is 0.0282. The molecule has 34 heavy (non-hydrogen) atoms. The Morgan fingerprint density at radius 3 is 2.68 bits per heavy atom. The van der Waals surface area contributed by atoms with Crippen molar-refractivity contribution < 1.29 is 18.7 Å². The molecule has 7 heteroatoms. The van der Waals surface area contributed by atoms with E-state index in [1.165, 1.54) is 12.1 Å². The van der Waals surface area contributed by atoms with E-state index in [1.54, 1.807) is 35.2 Å². The lowest BCUT2D eigenvalue weighted by atomic mass is 9.92. The molecule has 1 aliphatic carbocycles. The number of rotatable bonds is 8. The summed E-state index contributed by atoms with van der Waals surface area (Å²) in [6, 6.07) is 19.3. The van der Waals surface area contributed by atoms with Gasteiger partial charge in [-0.1, -0.05) is 24.3 Å². The van der Waals surface area contributed by atoms with E-state index in [0.29, 0.717) is 25.1 Å². The first-order valence-corrected chi connectivity index (χ1v) is 11.4. The molecule has 0 radical (unpaired) electrons. The lowest BCUT2D eigenvalue weighted by molar-refractivity contribution is -0.132. The number of hydrogen-bond acceptors (Lipinski definition) is 4. The first kappa shape index (κ1) is 22.1. The normalized spacial score (nSPS) is 20.4. The van der Waals surface area contributed by atoms with Gasteiger partial charge in [-0.3, -0.25) is 14.6 Å². The molecule has 1 aromatic heterocycles. The summed E-state index contributed by atoms with van der Waals surface area (Å²) in [4.78, 5) is 34.3. The van der Waals surface area contributed by atoms with Crippen LogP contribution in [0.4, 0.5) is 10.1 Å². The summed E-state index contributed by atoms with van der Waals surface area (Å²) < 4.78 is 19.1. The first-order valence-electron chi connectivity index (χ1n) is 11.4. The van der Waals surface area contributed by atoms with Crippen molar-refractivity contribution in [2.75, 3.05) is 31.6 Å². The average Bonchev–Trinajstić information content (AvgIpc) is 3.62. The molecule has 2 aromatic carbocycles. The van der Waals surface area contributed by atoms with Gasteiger partial charge in [-0.15, -0.1) is 0 Å². The van der Waals surface area contributed by atoms with E-state index in [2.05, 4.69) is 4.98 Å². The van der Waals surface area contributed by atoms with E-state index in [1.807, 2.05) is 42.5 Å². The summed E-state index contributed by atoms with van der Waals surface area (Å²) in [5.41, 5.74) is 2.07. The Bertz CT molecular complexity index is 1200. The minimum Gasteiger partial charge on any atom is -0.492 e. The second-order valence-corrected chi connectivity index (χ2v) is 8.99. The van der Waals surface area contributed by atoms with Gasteiger partial charge in [0.25, 0.3) is 0 Å². The van der Waals surface area contributed by atoms with Crippen molar-refractivity contribution >= 4 is 17.5 Å². The molecule has 2 aliphatic rings. The van der Waals surface area contributed by atoms with Gasteiger partial charge in [-0.05, 0) is 54.4 Å². The monoisotopic (exact) mass is 459 g/mol. The number of anilines is 1. The molecule has 2 atom stereocenters. The van der Waals surface area contributed by atoms with Crippen molar-refractivity contribution in [3.63, 3.8) is 0 Å². The molecule has 0 N–H and O–H groups in total. The van der Waals surface area contributed by atoms with E-state index in [-0.39, 0.29) is 36.7 Å². The highest BCUT2D eigenvalue weighted by atomic mass is 19.1. The number of nitrogens with zero attached hydrogens (tertiary/aromatic N) is 3. The number of fused-ring (bicyclic) bond motifs is 3. The van der Waals surface area contributed by atoms with Crippen molar-refractivity contribution in [2.45, 2.75) is 18.8 Å². The molecule has 1 saturated carbocycles. The lowest BCUT2D eigenvalue weighted by Crippen LogP contribution is -2.48. The zero-order chi connectivity index (χ0) is 23.7. The highest BCUT2D eigenvalue weighted by molar-refractivity contribution is 6.07. The number of carbonyl (C=O) groups excluding carboxylic acids is 2. The molecule has 2 heterocycles. The zero-order valence-corrected chi connectivity index (χ0v) is 19.0. The summed E-state index contributed by atoms with van der Waals surface area (Å²) in [6.45, 7) is 0.678. The molecule has 0 bridgehead atoms. The average molecular weight is 460 g/mol. The highest BCUT2D eigenvalue weighted by Gasteiger charge is 2.66. The Kier molecular flexibility index (Phi) is 5.77. The molecule has 0 unspecified atom stereocenters. The number of amides is 2. The fraction of sp³-hybridized carbons (Fsp3) is 0.296. The summed E-state index contributed by atoms with van der Waals surface area (Å²) in [5.74, 6) is 0.0155. The third kappa shape index (κ3) is 4.14. The van der Waals surface area contributed by atoms with Crippen LogP contribution < -0.4 is 9.64 Å². The van der Waals surface area contributed by atoms with Crippen LogP contribution in [0.15, 0.2) is 72.9 Å². The SMILES string of the molecule is CN(CCc1ccccn1)C(=O)CN1C(=O)[C@@]2(COc3ccc(F)cc3)C[C@H]2c2ccccc21. The van der Waals surface area contributed by atoms with Crippen LogP contribution in [0.5, 0.6) is 5.75 Å². The fourth-order valence-electron chi connectivity index (χ4n) is 4.69. The van der Waals surface area contributed by atoms with Gasteiger partial charge >= 0.3 is 0 Å². The van der Waals surface area contributed by atoms with Crippen LogP contribution in [-0.4, -0.2) is 48.4 Å². The van der Waals surface area contributed by atoms with Crippen molar-refractivity contribution in [3.05, 3.63) is 90.0 Å². The van der Waals surface area contributed by atoms with Gasteiger partial charge in [0, 0.05) is 43.5 Å². The second kappa shape index (κ2) is 8.89. The second-order valence-electron chi connectivity index (χ2n) is 8.99. The van der Waals surface area contributed by atoms with Crippen LogP contribution in [0.2, 0.25) is 0 Å². The van der Waals surface area contributed by atoms with Gasteiger partial charge in [0.05, 0.1) is 5.41 Å². The molecule has 0 saturated heterocycles. The molecule has 174 valence electrons. The van der Waals surface area contributed by atoms with Gasteiger partial charge in [0.1, 0.15) is 24.7 Å². The Labute approximate surface area is 198 Å². The Morgan fingerprint density at radius 2 is 1.91 bits per heavy atom. The van der Waals surface area contributed by atoms with E-state index in [4.69, 9.17) is 4.74 Å². The fourth-order valence-corrected chi connectivity index (χ4v) is 4.69. The molecule has 1 fully saturated rings. The largest absolute Gasteiger partial charge is 0.492 e. The van der Waals surface area contributed by atoms with E-state index >= 15 is 0 Å².